The van der Waals surface area contributed by atoms with E-state index in [1.165, 1.54) is 11.8 Å². The zero-order valence-electron chi connectivity index (χ0n) is 17.6. The summed E-state index contributed by atoms with van der Waals surface area (Å²) in [6.07, 6.45) is 3.56. The molecule has 1 saturated heterocycles. The van der Waals surface area contributed by atoms with Crippen LogP contribution in [-0.2, 0) is 20.7 Å². The van der Waals surface area contributed by atoms with Crippen LogP contribution < -0.4 is 5.32 Å². The van der Waals surface area contributed by atoms with Crippen molar-refractivity contribution >= 4 is 33.4 Å². The predicted molar refractivity (Wildman–Crippen MR) is 122 cm³/mol. The highest BCUT2D eigenvalue weighted by Crippen LogP contribution is 2.35. The Kier molecular flexibility index (Phi) is 6.94. The number of rotatable bonds is 7. The first-order chi connectivity index (χ1) is 15.1. The number of hydrogen-bond donors (Lipinski definition) is 1. The molecule has 2 aromatic carbocycles. The van der Waals surface area contributed by atoms with Crippen LogP contribution in [-0.4, -0.2) is 48.0 Å². The molecule has 0 bridgehead atoms. The number of piperidine rings is 1. The van der Waals surface area contributed by atoms with Crippen LogP contribution in [0.2, 0.25) is 0 Å². The third kappa shape index (κ3) is 5.29. The number of para-hydroxylation sites is 1. The van der Waals surface area contributed by atoms with E-state index in [-0.39, 0.29) is 18.5 Å². The molecule has 0 spiro atoms. The molecule has 2 heterocycles. The van der Waals surface area contributed by atoms with Crippen LogP contribution in [0.15, 0.2) is 54.6 Å². The van der Waals surface area contributed by atoms with Gasteiger partial charge in [0, 0.05) is 6.42 Å². The predicted octanol–water partition coefficient (Wildman–Crippen LogP) is 3.72. The van der Waals surface area contributed by atoms with Crippen molar-refractivity contribution in [3.63, 3.8) is 0 Å². The summed E-state index contributed by atoms with van der Waals surface area (Å²) in [5.41, 5.74) is 1.98. The van der Waals surface area contributed by atoms with Crippen molar-refractivity contribution in [2.24, 2.45) is 0 Å². The number of aromatic nitrogens is 1. The van der Waals surface area contributed by atoms with Gasteiger partial charge in [0.15, 0.2) is 0 Å². The number of esters is 1. The van der Waals surface area contributed by atoms with Crippen molar-refractivity contribution < 1.29 is 14.3 Å². The van der Waals surface area contributed by atoms with Crippen molar-refractivity contribution in [1.82, 2.24) is 15.2 Å². The van der Waals surface area contributed by atoms with Crippen LogP contribution in [0.4, 0.5) is 0 Å². The summed E-state index contributed by atoms with van der Waals surface area (Å²) in [5.74, 6) is -0.599. The smallest absolute Gasteiger partial charge is 0.328 e. The van der Waals surface area contributed by atoms with Gasteiger partial charge in [-0.2, -0.15) is 0 Å². The van der Waals surface area contributed by atoms with Crippen molar-refractivity contribution in [3.05, 3.63) is 65.2 Å². The number of nitrogens with one attached hydrogen (secondary N) is 1. The van der Waals surface area contributed by atoms with Crippen molar-refractivity contribution in [2.75, 3.05) is 20.2 Å². The quantitative estimate of drug-likeness (QED) is 0.571. The topological polar surface area (TPSA) is 71.5 Å². The van der Waals surface area contributed by atoms with Gasteiger partial charge >= 0.3 is 5.97 Å². The first-order valence-corrected chi connectivity index (χ1v) is 11.5. The third-order valence-corrected chi connectivity index (χ3v) is 6.80. The second kappa shape index (κ2) is 10.0. The van der Waals surface area contributed by atoms with Crippen LogP contribution in [0.1, 0.15) is 35.9 Å². The molecule has 162 valence electrons. The Morgan fingerprint density at radius 3 is 2.71 bits per heavy atom. The van der Waals surface area contributed by atoms with Gasteiger partial charge < -0.3 is 10.1 Å². The molecule has 1 amide bonds. The molecule has 2 unspecified atom stereocenters. The number of carbonyl (C=O) groups excluding carboxylic acids is 2. The standard InChI is InChI=1S/C24H27N3O3S/c1-30-24(29)19(15-17-9-3-2-4-10-17)25-22(28)16-27-14-8-7-12-20(27)23-26-18-11-5-6-13-21(18)31-23/h2-6,9-11,13,19-20H,7-8,12,14-16H2,1H3,(H,25,28). The Balaban J connectivity index is 1.45. The summed E-state index contributed by atoms with van der Waals surface area (Å²) in [6, 6.07) is 17.2. The largest absolute Gasteiger partial charge is 0.467 e. The van der Waals surface area contributed by atoms with Crippen LogP contribution in [0, 0.1) is 0 Å². The number of carbonyl (C=O) groups is 2. The van der Waals surface area contributed by atoms with Crippen LogP contribution in [0.3, 0.4) is 0 Å². The van der Waals surface area contributed by atoms with E-state index in [0.29, 0.717) is 6.42 Å². The van der Waals surface area contributed by atoms with Gasteiger partial charge in [0.25, 0.3) is 0 Å². The molecule has 0 aliphatic carbocycles. The van der Waals surface area contributed by atoms with Gasteiger partial charge in [-0.3, -0.25) is 9.69 Å². The Hall–Kier alpha value is -2.77. The summed E-state index contributed by atoms with van der Waals surface area (Å²) in [4.78, 5) is 32.2. The van der Waals surface area contributed by atoms with E-state index in [1.54, 1.807) is 11.3 Å². The van der Waals surface area contributed by atoms with Gasteiger partial charge in [-0.1, -0.05) is 48.9 Å². The Morgan fingerprint density at radius 1 is 1.16 bits per heavy atom. The highest BCUT2D eigenvalue weighted by atomic mass is 32.1. The number of likely N-dealkylation sites (tertiary alicyclic amines) is 1. The first-order valence-electron chi connectivity index (χ1n) is 10.6. The van der Waals surface area contributed by atoms with Gasteiger partial charge in [0.1, 0.15) is 11.0 Å². The van der Waals surface area contributed by atoms with E-state index in [4.69, 9.17) is 9.72 Å². The number of amides is 1. The number of methoxy groups -OCH3 is 1. The van der Waals surface area contributed by atoms with Crippen molar-refractivity contribution in [2.45, 2.75) is 37.8 Å². The number of nitrogens with zero attached hydrogens (tertiary/aromatic N) is 2. The molecular weight excluding hydrogens is 410 g/mol. The second-order valence-corrected chi connectivity index (χ2v) is 8.90. The minimum absolute atomic E-state index is 0.127. The molecule has 6 nitrogen and oxygen atoms in total. The highest BCUT2D eigenvalue weighted by Gasteiger charge is 2.30. The number of benzene rings is 2. The summed E-state index contributed by atoms with van der Waals surface area (Å²) in [7, 11) is 1.35. The summed E-state index contributed by atoms with van der Waals surface area (Å²) in [6.45, 7) is 1.08. The lowest BCUT2D eigenvalue weighted by Gasteiger charge is -2.34. The van der Waals surface area contributed by atoms with Gasteiger partial charge in [0.2, 0.25) is 5.91 Å². The normalized spacial score (nSPS) is 17.9. The van der Waals surface area contributed by atoms with Crippen molar-refractivity contribution in [3.8, 4) is 0 Å². The minimum Gasteiger partial charge on any atom is -0.467 e. The van der Waals surface area contributed by atoms with Gasteiger partial charge in [-0.25, -0.2) is 9.78 Å². The van der Waals surface area contributed by atoms with Gasteiger partial charge in [-0.05, 0) is 37.1 Å². The van der Waals surface area contributed by atoms with Crippen LogP contribution in [0.25, 0.3) is 10.2 Å². The Labute approximate surface area is 186 Å². The SMILES string of the molecule is COC(=O)C(Cc1ccccc1)NC(=O)CN1CCCCC1c1nc2ccccc2s1. The maximum absolute atomic E-state index is 12.9. The molecule has 1 aromatic heterocycles. The van der Waals surface area contributed by atoms with E-state index in [9.17, 15) is 9.59 Å². The van der Waals surface area contributed by atoms with Crippen molar-refractivity contribution in [1.29, 1.82) is 0 Å². The highest BCUT2D eigenvalue weighted by molar-refractivity contribution is 7.18. The van der Waals surface area contributed by atoms with E-state index >= 15 is 0 Å². The summed E-state index contributed by atoms with van der Waals surface area (Å²) < 4.78 is 6.09. The second-order valence-electron chi connectivity index (χ2n) is 7.83. The van der Waals surface area contributed by atoms with E-state index in [1.807, 2.05) is 48.5 Å². The minimum atomic E-state index is -0.703. The molecular formula is C24H27N3O3S. The average molecular weight is 438 g/mol. The molecule has 0 radical (unpaired) electrons. The van der Waals surface area contributed by atoms with E-state index in [0.717, 1.165) is 41.9 Å². The maximum Gasteiger partial charge on any atom is 0.328 e. The first kappa shape index (κ1) is 21.5. The lowest BCUT2D eigenvalue weighted by atomic mass is 10.0. The molecule has 3 aromatic rings. The third-order valence-electron chi connectivity index (χ3n) is 5.66. The van der Waals surface area contributed by atoms with Gasteiger partial charge in [-0.15, -0.1) is 11.3 Å². The average Bonchev–Trinajstić information content (AvgIpc) is 3.23. The molecule has 1 N–H and O–H groups in total. The number of ether oxygens (including phenoxy) is 1. The molecule has 2 atom stereocenters. The summed E-state index contributed by atoms with van der Waals surface area (Å²) >= 11 is 1.70. The molecule has 4 rings (SSSR count). The Bertz CT molecular complexity index is 1000. The van der Waals surface area contributed by atoms with Crippen LogP contribution in [0.5, 0.6) is 0 Å². The van der Waals surface area contributed by atoms with E-state index < -0.39 is 12.0 Å². The van der Waals surface area contributed by atoms with Gasteiger partial charge in [0.05, 0.1) is 29.9 Å². The van der Waals surface area contributed by atoms with Crippen LogP contribution >= 0.6 is 11.3 Å². The molecule has 1 fully saturated rings. The fourth-order valence-electron chi connectivity index (χ4n) is 4.10. The molecule has 1 aliphatic rings. The monoisotopic (exact) mass is 437 g/mol. The molecule has 7 heteroatoms. The molecule has 31 heavy (non-hydrogen) atoms. The fraction of sp³-hybridized carbons (Fsp3) is 0.375. The Morgan fingerprint density at radius 2 is 1.94 bits per heavy atom. The zero-order chi connectivity index (χ0) is 21.6. The number of fused-ring (bicyclic) bond motifs is 1. The lowest BCUT2D eigenvalue weighted by Crippen LogP contribution is -2.48. The maximum atomic E-state index is 12.9. The number of thiazole rings is 1. The molecule has 0 saturated carbocycles. The fourth-order valence-corrected chi connectivity index (χ4v) is 5.24. The zero-order valence-corrected chi connectivity index (χ0v) is 18.4. The lowest BCUT2D eigenvalue weighted by molar-refractivity contribution is -0.145. The van der Waals surface area contributed by atoms with E-state index in [2.05, 4.69) is 16.3 Å². The summed E-state index contributed by atoms with van der Waals surface area (Å²) in [5, 5.41) is 3.95. The number of hydrogen-bond acceptors (Lipinski definition) is 6. The molecule has 1 aliphatic heterocycles.